The Morgan fingerprint density at radius 3 is 2.25 bits per heavy atom. The maximum atomic E-state index is 12.6. The van der Waals surface area contributed by atoms with E-state index < -0.39 is 17.2 Å². The number of Topliss-reactive ketones (excluding diaryl/α,β-unsaturated/α-hetero) is 1. The van der Waals surface area contributed by atoms with E-state index in [0.717, 1.165) is 0 Å². The zero-order chi connectivity index (χ0) is 14.7. The monoisotopic (exact) mass is 292 g/mol. The summed E-state index contributed by atoms with van der Waals surface area (Å²) in [4.78, 5) is 15.6. The van der Waals surface area contributed by atoms with E-state index in [1.165, 1.54) is 9.80 Å². The molecule has 2 atom stereocenters. The maximum absolute atomic E-state index is 12.6. The first-order valence-electron chi connectivity index (χ1n) is 6.62. The molecule has 0 saturated carbocycles. The average molecular weight is 292 g/mol. The first kappa shape index (κ1) is 13.5. The summed E-state index contributed by atoms with van der Waals surface area (Å²) in [6.07, 6.45) is 0. The molecule has 2 N–H and O–H groups in total. The van der Waals surface area contributed by atoms with E-state index in [0.29, 0.717) is 29.3 Å². The molecule has 0 radical (unpaired) electrons. The molecule has 1 aliphatic heterocycles. The molecule has 0 amide bonds. The van der Waals surface area contributed by atoms with Crippen molar-refractivity contribution in [2.24, 2.45) is 0 Å². The number of carbonyl (C=O) groups is 1. The molecule has 1 aromatic carbocycles. The minimum atomic E-state index is -2.04. The summed E-state index contributed by atoms with van der Waals surface area (Å²) < 4.78 is 0. The predicted molar refractivity (Wildman–Crippen MR) is 77.0 cm³/mol. The largest absolute Gasteiger partial charge is 0.363 e. The topological polar surface area (TPSA) is 64.0 Å². The van der Waals surface area contributed by atoms with E-state index in [1.807, 2.05) is 6.92 Å². The van der Waals surface area contributed by atoms with Gasteiger partial charge in [0.05, 0.1) is 0 Å². The lowest BCUT2D eigenvalue weighted by Crippen LogP contribution is -2.60. The summed E-state index contributed by atoms with van der Waals surface area (Å²) in [5.74, 6) is -0.504. The fraction of sp³-hybridized carbons (Fsp3) is 0.429. The molecule has 1 fully saturated rings. The lowest BCUT2D eigenvalue weighted by Gasteiger charge is -2.36. The Bertz CT molecular complexity index is 620. The highest BCUT2D eigenvalue weighted by molar-refractivity contribution is 7.80. The lowest BCUT2D eigenvalue weighted by molar-refractivity contribution is -0.199. The number of hydrogen-bond donors (Lipinski definition) is 2. The number of carbonyl (C=O) groups excluding carboxylic acids is 1. The van der Waals surface area contributed by atoms with Gasteiger partial charge in [0.2, 0.25) is 11.5 Å². The van der Waals surface area contributed by atoms with Crippen molar-refractivity contribution in [3.63, 3.8) is 0 Å². The Labute approximate surface area is 122 Å². The highest BCUT2D eigenvalue weighted by Crippen LogP contribution is 2.52. The molecular weight excluding hydrogens is 276 g/mol. The highest BCUT2D eigenvalue weighted by atomic mass is 32.1. The number of thiocarbonyl (C=S) groups is 1. The number of fused-ring (bicyclic) bond motifs is 3. The minimum absolute atomic E-state index is 0.294. The van der Waals surface area contributed by atoms with Crippen LogP contribution in [0.15, 0.2) is 24.3 Å². The molecular formula is C14H16N2O3S. The van der Waals surface area contributed by atoms with Gasteiger partial charge in [-0.3, -0.25) is 4.79 Å². The normalized spacial score (nSPS) is 31.8. The number of aliphatic hydroxyl groups is 2. The molecule has 0 spiro atoms. The van der Waals surface area contributed by atoms with Crippen molar-refractivity contribution < 1.29 is 15.0 Å². The van der Waals surface area contributed by atoms with Crippen LogP contribution in [0.3, 0.4) is 0 Å². The second-order valence-corrected chi connectivity index (χ2v) is 5.36. The third-order valence-electron chi connectivity index (χ3n) is 4.23. The van der Waals surface area contributed by atoms with Gasteiger partial charge in [-0.05, 0) is 26.1 Å². The molecule has 5 nitrogen and oxygen atoms in total. The van der Waals surface area contributed by atoms with Crippen LogP contribution in [0.25, 0.3) is 0 Å². The number of benzene rings is 1. The highest BCUT2D eigenvalue weighted by Gasteiger charge is 2.73. The van der Waals surface area contributed by atoms with E-state index in [4.69, 9.17) is 12.2 Å². The zero-order valence-corrected chi connectivity index (χ0v) is 12.1. The van der Waals surface area contributed by atoms with Crippen LogP contribution >= 0.6 is 12.2 Å². The van der Waals surface area contributed by atoms with Crippen molar-refractivity contribution in [2.75, 3.05) is 13.1 Å². The Morgan fingerprint density at radius 1 is 1.10 bits per heavy atom. The van der Waals surface area contributed by atoms with Gasteiger partial charge in [-0.25, -0.2) is 0 Å². The van der Waals surface area contributed by atoms with Gasteiger partial charge in [0.1, 0.15) is 0 Å². The molecule has 106 valence electrons. The summed E-state index contributed by atoms with van der Waals surface area (Å²) in [7, 11) is 0. The Kier molecular flexibility index (Phi) is 2.70. The van der Waals surface area contributed by atoms with Crippen LogP contribution < -0.4 is 0 Å². The minimum Gasteiger partial charge on any atom is -0.363 e. The first-order chi connectivity index (χ1) is 9.44. The van der Waals surface area contributed by atoms with Crippen LogP contribution in [-0.2, 0) is 5.72 Å². The van der Waals surface area contributed by atoms with Crippen molar-refractivity contribution >= 4 is 23.1 Å². The van der Waals surface area contributed by atoms with Gasteiger partial charge < -0.3 is 20.0 Å². The average Bonchev–Trinajstić information content (AvgIpc) is 2.73. The van der Waals surface area contributed by atoms with Gasteiger partial charge in [-0.15, -0.1) is 0 Å². The summed E-state index contributed by atoms with van der Waals surface area (Å²) >= 11 is 5.32. The van der Waals surface area contributed by atoms with E-state index in [2.05, 4.69) is 0 Å². The summed E-state index contributed by atoms with van der Waals surface area (Å²) in [5, 5.41) is 22.5. The molecule has 2 aliphatic rings. The molecule has 1 saturated heterocycles. The number of likely N-dealkylation sites (N-methyl/N-ethyl adjacent to an activating group) is 2. The third-order valence-corrected chi connectivity index (χ3v) is 4.67. The van der Waals surface area contributed by atoms with Gasteiger partial charge in [0, 0.05) is 24.2 Å². The maximum Gasteiger partial charge on any atom is 0.258 e. The Morgan fingerprint density at radius 2 is 1.65 bits per heavy atom. The van der Waals surface area contributed by atoms with Crippen molar-refractivity contribution in [1.29, 1.82) is 0 Å². The molecule has 6 heteroatoms. The van der Waals surface area contributed by atoms with Gasteiger partial charge in [0.25, 0.3) is 5.72 Å². The number of rotatable bonds is 2. The van der Waals surface area contributed by atoms with Crippen molar-refractivity contribution in [1.82, 2.24) is 9.80 Å². The van der Waals surface area contributed by atoms with Gasteiger partial charge in [-0.1, -0.05) is 24.3 Å². The van der Waals surface area contributed by atoms with E-state index in [-0.39, 0.29) is 0 Å². The van der Waals surface area contributed by atoms with Gasteiger partial charge >= 0.3 is 0 Å². The lowest BCUT2D eigenvalue weighted by atomic mass is 9.98. The van der Waals surface area contributed by atoms with E-state index >= 15 is 0 Å². The number of hydrogen-bond acceptors (Lipinski definition) is 4. The van der Waals surface area contributed by atoms with Crippen molar-refractivity contribution in [3.8, 4) is 0 Å². The van der Waals surface area contributed by atoms with Crippen LogP contribution in [0.5, 0.6) is 0 Å². The molecule has 1 aromatic rings. The molecule has 0 unspecified atom stereocenters. The second-order valence-electron chi connectivity index (χ2n) is 4.99. The Hall–Kier alpha value is -1.50. The van der Waals surface area contributed by atoms with Crippen molar-refractivity contribution in [2.45, 2.75) is 25.3 Å². The van der Waals surface area contributed by atoms with Gasteiger partial charge in [0.15, 0.2) is 5.11 Å². The van der Waals surface area contributed by atoms with Crippen LogP contribution in [0.2, 0.25) is 0 Å². The predicted octanol–water partition coefficient (Wildman–Crippen LogP) is 0.659. The summed E-state index contributed by atoms with van der Waals surface area (Å²) in [5.41, 5.74) is -3.11. The Balaban J connectivity index is 2.34. The first-order valence-corrected chi connectivity index (χ1v) is 7.03. The fourth-order valence-electron chi connectivity index (χ4n) is 3.31. The van der Waals surface area contributed by atoms with Crippen LogP contribution in [0, 0.1) is 0 Å². The SMILES string of the molecule is CCN1C(=S)N(CC)[C@@]2(O)c3ccccc3C(=O)[C@]12O. The van der Waals surface area contributed by atoms with E-state index in [9.17, 15) is 15.0 Å². The molecule has 1 heterocycles. The standard InChI is InChI=1S/C14H16N2O3S/c1-3-15-12(20)16(4-2)14(19)11(17)9-7-5-6-8-10(9)13(14,15)18/h5-8,18-19H,3-4H2,1-2H3/t13-,14-/m1/s1. The summed E-state index contributed by atoms with van der Waals surface area (Å²) in [6.45, 7) is 4.36. The van der Waals surface area contributed by atoms with E-state index in [1.54, 1.807) is 31.2 Å². The smallest absolute Gasteiger partial charge is 0.258 e. The van der Waals surface area contributed by atoms with Gasteiger partial charge in [-0.2, -0.15) is 0 Å². The quantitative estimate of drug-likeness (QED) is 0.781. The molecule has 1 aliphatic carbocycles. The molecule has 20 heavy (non-hydrogen) atoms. The molecule has 3 rings (SSSR count). The molecule has 0 aromatic heterocycles. The van der Waals surface area contributed by atoms with Crippen molar-refractivity contribution in [3.05, 3.63) is 35.4 Å². The second kappa shape index (κ2) is 4.00. The number of ketones is 1. The third kappa shape index (κ3) is 1.16. The zero-order valence-electron chi connectivity index (χ0n) is 11.3. The summed E-state index contributed by atoms with van der Waals surface area (Å²) in [6, 6.07) is 6.74. The molecule has 0 bridgehead atoms. The van der Waals surface area contributed by atoms with Crippen LogP contribution in [0.1, 0.15) is 29.8 Å². The fourth-order valence-corrected chi connectivity index (χ4v) is 3.84. The van der Waals surface area contributed by atoms with Crippen LogP contribution in [-0.4, -0.2) is 49.7 Å². The number of nitrogens with zero attached hydrogens (tertiary/aromatic N) is 2. The van der Waals surface area contributed by atoms with Crippen LogP contribution in [0.4, 0.5) is 0 Å².